The predicted octanol–water partition coefficient (Wildman–Crippen LogP) is 4.92. The number of fused-ring (bicyclic) bond motifs is 1. The molecule has 0 bridgehead atoms. The number of nitrogens with one attached hydrogen (secondary N) is 1. The normalized spacial score (nSPS) is 11.0. The molecule has 0 radical (unpaired) electrons. The fourth-order valence-corrected chi connectivity index (χ4v) is 3.47. The van der Waals surface area contributed by atoms with Crippen LogP contribution in [-0.4, -0.2) is 22.1 Å². The van der Waals surface area contributed by atoms with Crippen molar-refractivity contribution in [3.05, 3.63) is 66.7 Å². The number of hydrogen-bond donors (Lipinski definition) is 1. The standard InChI is InChI=1S/C19H14FN3OS/c1-24-14-7-5-12(6-8-14)17-10-16-18(23-17)21-11-22-19(16)25-15-4-2-3-13(20)9-15/h2-11H,1H3,(H,21,22,23). The number of halogens is 1. The van der Waals surface area contributed by atoms with Crippen LogP contribution in [0.5, 0.6) is 5.75 Å². The Kier molecular flexibility index (Phi) is 4.11. The summed E-state index contributed by atoms with van der Waals surface area (Å²) in [6, 6.07) is 16.3. The van der Waals surface area contributed by atoms with E-state index in [4.69, 9.17) is 4.74 Å². The minimum atomic E-state index is -0.261. The van der Waals surface area contributed by atoms with E-state index in [0.717, 1.165) is 38.0 Å². The first-order valence-electron chi connectivity index (χ1n) is 7.64. The molecule has 124 valence electrons. The lowest BCUT2D eigenvalue weighted by molar-refractivity contribution is 0.415. The van der Waals surface area contributed by atoms with Crippen molar-refractivity contribution in [3.63, 3.8) is 0 Å². The Balaban J connectivity index is 1.73. The molecule has 0 atom stereocenters. The van der Waals surface area contributed by atoms with Crippen molar-refractivity contribution in [1.29, 1.82) is 0 Å². The lowest BCUT2D eigenvalue weighted by Crippen LogP contribution is -1.85. The Labute approximate surface area is 148 Å². The number of aromatic nitrogens is 3. The van der Waals surface area contributed by atoms with E-state index in [9.17, 15) is 4.39 Å². The minimum absolute atomic E-state index is 0.261. The molecule has 6 heteroatoms. The van der Waals surface area contributed by atoms with Gasteiger partial charge in [-0.3, -0.25) is 0 Å². The summed E-state index contributed by atoms with van der Waals surface area (Å²) < 4.78 is 18.6. The number of benzene rings is 2. The molecule has 0 amide bonds. The number of nitrogens with zero attached hydrogens (tertiary/aromatic N) is 2. The van der Waals surface area contributed by atoms with Crippen LogP contribution in [-0.2, 0) is 0 Å². The molecule has 1 N–H and O–H groups in total. The molecule has 4 aromatic rings. The summed E-state index contributed by atoms with van der Waals surface area (Å²) in [7, 11) is 1.64. The second kappa shape index (κ2) is 6.57. The fourth-order valence-electron chi connectivity index (χ4n) is 2.57. The van der Waals surface area contributed by atoms with Gasteiger partial charge in [0.25, 0.3) is 0 Å². The fraction of sp³-hybridized carbons (Fsp3) is 0.0526. The molecule has 0 aliphatic heterocycles. The van der Waals surface area contributed by atoms with E-state index in [1.165, 1.54) is 30.2 Å². The van der Waals surface area contributed by atoms with Gasteiger partial charge < -0.3 is 9.72 Å². The van der Waals surface area contributed by atoms with Crippen LogP contribution in [0.25, 0.3) is 22.3 Å². The van der Waals surface area contributed by atoms with Gasteiger partial charge in [0.05, 0.1) is 12.5 Å². The van der Waals surface area contributed by atoms with E-state index < -0.39 is 0 Å². The monoisotopic (exact) mass is 351 g/mol. The lowest BCUT2D eigenvalue weighted by Gasteiger charge is -2.01. The van der Waals surface area contributed by atoms with Crippen molar-refractivity contribution in [2.45, 2.75) is 9.92 Å². The minimum Gasteiger partial charge on any atom is -0.497 e. The summed E-state index contributed by atoms with van der Waals surface area (Å²) in [5, 5.41) is 1.69. The van der Waals surface area contributed by atoms with Crippen LogP contribution in [0.15, 0.2) is 70.8 Å². The van der Waals surface area contributed by atoms with Crippen LogP contribution >= 0.6 is 11.8 Å². The highest BCUT2D eigenvalue weighted by Crippen LogP contribution is 2.33. The zero-order chi connectivity index (χ0) is 17.2. The second-order valence-electron chi connectivity index (χ2n) is 5.41. The van der Waals surface area contributed by atoms with Crippen molar-refractivity contribution in [1.82, 2.24) is 15.0 Å². The van der Waals surface area contributed by atoms with Crippen molar-refractivity contribution in [2.24, 2.45) is 0 Å². The van der Waals surface area contributed by atoms with E-state index in [1.807, 2.05) is 36.4 Å². The highest BCUT2D eigenvalue weighted by atomic mass is 32.2. The van der Waals surface area contributed by atoms with Crippen molar-refractivity contribution < 1.29 is 9.13 Å². The van der Waals surface area contributed by atoms with Crippen LogP contribution in [0.1, 0.15) is 0 Å². The van der Waals surface area contributed by atoms with E-state index >= 15 is 0 Å². The second-order valence-corrected chi connectivity index (χ2v) is 6.47. The van der Waals surface area contributed by atoms with Gasteiger partial charge in [0, 0.05) is 10.6 Å². The van der Waals surface area contributed by atoms with Crippen LogP contribution in [0, 0.1) is 5.82 Å². The van der Waals surface area contributed by atoms with Crippen LogP contribution in [0.3, 0.4) is 0 Å². The zero-order valence-corrected chi connectivity index (χ0v) is 14.2. The molecule has 25 heavy (non-hydrogen) atoms. The average molecular weight is 351 g/mol. The van der Waals surface area contributed by atoms with Gasteiger partial charge in [-0.1, -0.05) is 17.8 Å². The van der Waals surface area contributed by atoms with Gasteiger partial charge >= 0.3 is 0 Å². The zero-order valence-electron chi connectivity index (χ0n) is 13.4. The molecule has 2 aromatic carbocycles. The van der Waals surface area contributed by atoms with Gasteiger partial charge in [0.2, 0.25) is 0 Å². The molecular formula is C19H14FN3OS. The molecule has 0 spiro atoms. The molecule has 0 aliphatic carbocycles. The molecular weight excluding hydrogens is 337 g/mol. The summed E-state index contributed by atoms with van der Waals surface area (Å²) in [5.74, 6) is 0.547. The van der Waals surface area contributed by atoms with E-state index in [0.29, 0.717) is 0 Å². The van der Waals surface area contributed by atoms with Crippen LogP contribution in [0.4, 0.5) is 4.39 Å². The van der Waals surface area contributed by atoms with Crippen molar-refractivity contribution >= 4 is 22.8 Å². The number of aromatic amines is 1. The molecule has 0 aliphatic rings. The van der Waals surface area contributed by atoms with Gasteiger partial charge in [0.1, 0.15) is 28.6 Å². The summed E-state index contributed by atoms with van der Waals surface area (Å²) in [6.07, 6.45) is 1.51. The first kappa shape index (κ1) is 15.7. The number of methoxy groups -OCH3 is 1. The molecule has 0 unspecified atom stereocenters. The first-order chi connectivity index (χ1) is 12.2. The van der Waals surface area contributed by atoms with Gasteiger partial charge in [-0.15, -0.1) is 0 Å². The third kappa shape index (κ3) is 3.21. The van der Waals surface area contributed by atoms with Crippen LogP contribution < -0.4 is 4.74 Å². The van der Waals surface area contributed by atoms with E-state index in [-0.39, 0.29) is 5.82 Å². The highest BCUT2D eigenvalue weighted by molar-refractivity contribution is 7.99. The molecule has 0 saturated heterocycles. The molecule has 4 rings (SSSR count). The van der Waals surface area contributed by atoms with Gasteiger partial charge in [0.15, 0.2) is 0 Å². The number of rotatable bonds is 4. The average Bonchev–Trinajstić information content (AvgIpc) is 3.07. The quantitative estimate of drug-likeness (QED) is 0.530. The maximum atomic E-state index is 13.4. The van der Waals surface area contributed by atoms with Gasteiger partial charge in [-0.05, 0) is 54.1 Å². The third-order valence-corrected chi connectivity index (χ3v) is 4.81. The van der Waals surface area contributed by atoms with Gasteiger partial charge in [-0.25, -0.2) is 14.4 Å². The third-order valence-electron chi connectivity index (χ3n) is 3.80. The topological polar surface area (TPSA) is 50.8 Å². The summed E-state index contributed by atoms with van der Waals surface area (Å²) in [5.41, 5.74) is 2.72. The Hall–Kier alpha value is -2.86. The Morgan fingerprint density at radius 2 is 1.88 bits per heavy atom. The number of hydrogen-bond acceptors (Lipinski definition) is 4. The molecule has 0 fully saturated rings. The Bertz CT molecular complexity index is 1030. The van der Waals surface area contributed by atoms with Crippen LogP contribution in [0.2, 0.25) is 0 Å². The first-order valence-corrected chi connectivity index (χ1v) is 8.46. The predicted molar refractivity (Wildman–Crippen MR) is 96.4 cm³/mol. The SMILES string of the molecule is COc1ccc(-c2cc3c(Sc4cccc(F)c4)ncnc3[nH]2)cc1. The van der Waals surface area contributed by atoms with E-state index in [2.05, 4.69) is 15.0 Å². The lowest BCUT2D eigenvalue weighted by atomic mass is 10.1. The Morgan fingerprint density at radius 3 is 2.64 bits per heavy atom. The summed E-state index contributed by atoms with van der Waals surface area (Å²) >= 11 is 1.41. The maximum absolute atomic E-state index is 13.4. The molecule has 0 saturated carbocycles. The van der Waals surface area contributed by atoms with E-state index in [1.54, 1.807) is 13.2 Å². The summed E-state index contributed by atoms with van der Waals surface area (Å²) in [4.78, 5) is 12.8. The number of ether oxygens (including phenoxy) is 1. The summed E-state index contributed by atoms with van der Waals surface area (Å²) in [6.45, 7) is 0. The number of H-pyrrole nitrogens is 1. The highest BCUT2D eigenvalue weighted by Gasteiger charge is 2.11. The smallest absolute Gasteiger partial charge is 0.142 e. The molecule has 2 aromatic heterocycles. The Morgan fingerprint density at radius 1 is 1.04 bits per heavy atom. The largest absolute Gasteiger partial charge is 0.497 e. The van der Waals surface area contributed by atoms with Crippen molar-refractivity contribution in [3.8, 4) is 17.0 Å². The molecule has 2 heterocycles. The maximum Gasteiger partial charge on any atom is 0.142 e. The van der Waals surface area contributed by atoms with Gasteiger partial charge in [-0.2, -0.15) is 0 Å². The van der Waals surface area contributed by atoms with Crippen molar-refractivity contribution in [2.75, 3.05) is 7.11 Å². The molecule has 4 nitrogen and oxygen atoms in total.